The Hall–Kier alpha value is -1.47. The van der Waals surface area contributed by atoms with E-state index in [2.05, 4.69) is 5.32 Å². The predicted molar refractivity (Wildman–Crippen MR) is 72.8 cm³/mol. The first-order chi connectivity index (χ1) is 9.00. The van der Waals surface area contributed by atoms with E-state index in [1.807, 2.05) is 6.92 Å². The van der Waals surface area contributed by atoms with Gasteiger partial charge in [-0.2, -0.15) is 11.8 Å². The Kier molecular flexibility index (Phi) is 6.44. The van der Waals surface area contributed by atoms with Crippen molar-refractivity contribution in [1.82, 2.24) is 5.32 Å². The van der Waals surface area contributed by atoms with Crippen LogP contribution in [0.1, 0.15) is 25.1 Å². The summed E-state index contributed by atoms with van der Waals surface area (Å²) in [7, 11) is 0. The van der Waals surface area contributed by atoms with Crippen LogP contribution in [0, 0.1) is 0 Å². The number of hydrogen-bond donors (Lipinski definition) is 3. The van der Waals surface area contributed by atoms with Crippen LogP contribution in [-0.2, 0) is 9.59 Å². The summed E-state index contributed by atoms with van der Waals surface area (Å²) in [6.45, 7) is 1.84. The highest BCUT2D eigenvalue weighted by atomic mass is 32.2. The molecule has 19 heavy (non-hydrogen) atoms. The summed E-state index contributed by atoms with van der Waals surface area (Å²) in [6.07, 6.45) is 1.90. The van der Waals surface area contributed by atoms with Gasteiger partial charge in [-0.3, -0.25) is 9.59 Å². The molecule has 0 spiro atoms. The number of carboxylic acid groups (broad SMARTS) is 1. The summed E-state index contributed by atoms with van der Waals surface area (Å²) in [4.78, 5) is 22.1. The third-order valence-electron chi connectivity index (χ3n) is 2.47. The number of carbonyl (C=O) groups is 2. The molecule has 0 fully saturated rings. The third kappa shape index (κ3) is 5.80. The standard InChI is InChI=1S/C12H18N2O4S/c1-8(10-3-2-5-18-10)14-11(15)7-19-6-4-9(13)12(16)17/h2-3,5,8-9H,4,6-7,13H2,1H3,(H,14,15)(H,16,17). The van der Waals surface area contributed by atoms with Gasteiger partial charge >= 0.3 is 5.97 Å². The van der Waals surface area contributed by atoms with Gasteiger partial charge in [0.25, 0.3) is 0 Å². The van der Waals surface area contributed by atoms with Gasteiger partial charge in [0, 0.05) is 0 Å². The Labute approximate surface area is 115 Å². The van der Waals surface area contributed by atoms with Crippen LogP contribution < -0.4 is 11.1 Å². The first kappa shape index (κ1) is 15.6. The lowest BCUT2D eigenvalue weighted by molar-refractivity contribution is -0.138. The highest BCUT2D eigenvalue weighted by Crippen LogP contribution is 2.12. The number of furan rings is 1. The molecule has 1 amide bonds. The normalized spacial score (nSPS) is 13.8. The maximum atomic E-state index is 11.6. The molecule has 7 heteroatoms. The van der Waals surface area contributed by atoms with Crippen molar-refractivity contribution in [2.24, 2.45) is 5.73 Å². The molecule has 0 aliphatic heterocycles. The lowest BCUT2D eigenvalue weighted by Gasteiger charge is -2.11. The van der Waals surface area contributed by atoms with E-state index < -0.39 is 12.0 Å². The Morgan fingerprint density at radius 1 is 1.58 bits per heavy atom. The van der Waals surface area contributed by atoms with E-state index in [0.29, 0.717) is 17.9 Å². The summed E-state index contributed by atoms with van der Waals surface area (Å²) < 4.78 is 5.18. The summed E-state index contributed by atoms with van der Waals surface area (Å²) in [5, 5.41) is 11.4. The van der Waals surface area contributed by atoms with Crippen LogP contribution in [0.15, 0.2) is 22.8 Å². The predicted octanol–water partition coefficient (Wildman–Crippen LogP) is 0.992. The van der Waals surface area contributed by atoms with Gasteiger partial charge in [0.2, 0.25) is 5.91 Å². The zero-order chi connectivity index (χ0) is 14.3. The minimum atomic E-state index is -1.02. The third-order valence-corrected chi connectivity index (χ3v) is 3.46. The van der Waals surface area contributed by atoms with Crippen LogP contribution in [0.3, 0.4) is 0 Å². The van der Waals surface area contributed by atoms with Crippen molar-refractivity contribution < 1.29 is 19.1 Å². The van der Waals surface area contributed by atoms with E-state index in [1.54, 1.807) is 18.4 Å². The minimum absolute atomic E-state index is 0.113. The molecule has 1 rings (SSSR count). The van der Waals surface area contributed by atoms with Crippen molar-refractivity contribution in [2.45, 2.75) is 25.4 Å². The Morgan fingerprint density at radius 2 is 2.32 bits per heavy atom. The number of hydrogen-bond acceptors (Lipinski definition) is 5. The van der Waals surface area contributed by atoms with Crippen LogP contribution in [0.25, 0.3) is 0 Å². The zero-order valence-electron chi connectivity index (χ0n) is 10.7. The second kappa shape index (κ2) is 7.85. The smallest absolute Gasteiger partial charge is 0.320 e. The van der Waals surface area contributed by atoms with E-state index in [-0.39, 0.29) is 17.7 Å². The van der Waals surface area contributed by atoms with Crippen molar-refractivity contribution in [3.63, 3.8) is 0 Å². The molecule has 0 aliphatic rings. The monoisotopic (exact) mass is 286 g/mol. The molecule has 106 valence electrons. The van der Waals surface area contributed by atoms with Crippen LogP contribution in [0.5, 0.6) is 0 Å². The van der Waals surface area contributed by atoms with Crippen molar-refractivity contribution in [3.8, 4) is 0 Å². The Balaban J connectivity index is 2.16. The first-order valence-electron chi connectivity index (χ1n) is 5.89. The van der Waals surface area contributed by atoms with Crippen LogP contribution in [0.4, 0.5) is 0 Å². The Bertz CT molecular complexity index is 408. The number of rotatable bonds is 8. The molecule has 1 aromatic heterocycles. The Morgan fingerprint density at radius 3 is 2.89 bits per heavy atom. The van der Waals surface area contributed by atoms with Crippen molar-refractivity contribution in [1.29, 1.82) is 0 Å². The number of nitrogens with one attached hydrogen (secondary N) is 1. The molecule has 0 bridgehead atoms. The van der Waals surface area contributed by atoms with E-state index >= 15 is 0 Å². The van der Waals surface area contributed by atoms with Crippen molar-refractivity contribution in [2.75, 3.05) is 11.5 Å². The van der Waals surface area contributed by atoms with Gasteiger partial charge < -0.3 is 20.6 Å². The van der Waals surface area contributed by atoms with Gasteiger partial charge in [-0.1, -0.05) is 0 Å². The average Bonchev–Trinajstić information content (AvgIpc) is 2.87. The molecule has 0 saturated heterocycles. The molecule has 0 aromatic carbocycles. The van der Waals surface area contributed by atoms with Crippen LogP contribution in [-0.4, -0.2) is 34.5 Å². The second-order valence-electron chi connectivity index (χ2n) is 4.09. The van der Waals surface area contributed by atoms with Crippen molar-refractivity contribution in [3.05, 3.63) is 24.2 Å². The lowest BCUT2D eigenvalue weighted by atomic mass is 10.2. The largest absolute Gasteiger partial charge is 0.480 e. The van der Waals surface area contributed by atoms with E-state index in [0.717, 1.165) is 0 Å². The fraction of sp³-hybridized carbons (Fsp3) is 0.500. The molecule has 0 aliphatic carbocycles. The molecule has 4 N–H and O–H groups in total. The number of carboxylic acids is 1. The fourth-order valence-corrected chi connectivity index (χ4v) is 2.22. The molecule has 0 radical (unpaired) electrons. The van der Waals surface area contributed by atoms with Gasteiger partial charge in [-0.25, -0.2) is 0 Å². The molecular weight excluding hydrogens is 268 g/mol. The maximum absolute atomic E-state index is 11.6. The number of aliphatic carboxylic acids is 1. The minimum Gasteiger partial charge on any atom is -0.480 e. The van der Waals surface area contributed by atoms with Gasteiger partial charge in [0.05, 0.1) is 18.1 Å². The molecule has 2 atom stereocenters. The average molecular weight is 286 g/mol. The fourth-order valence-electron chi connectivity index (χ4n) is 1.39. The zero-order valence-corrected chi connectivity index (χ0v) is 11.5. The SMILES string of the molecule is CC(NC(=O)CSCCC(N)C(=O)O)c1ccco1. The molecule has 0 saturated carbocycles. The maximum Gasteiger partial charge on any atom is 0.320 e. The number of amides is 1. The first-order valence-corrected chi connectivity index (χ1v) is 7.05. The summed E-state index contributed by atoms with van der Waals surface area (Å²) in [6, 6.07) is 2.52. The molecular formula is C12H18N2O4S. The van der Waals surface area contributed by atoms with E-state index in [1.165, 1.54) is 11.8 Å². The number of nitrogens with two attached hydrogens (primary N) is 1. The topological polar surface area (TPSA) is 106 Å². The van der Waals surface area contributed by atoms with E-state index in [9.17, 15) is 9.59 Å². The number of thioether (sulfide) groups is 1. The van der Waals surface area contributed by atoms with Crippen LogP contribution >= 0.6 is 11.8 Å². The highest BCUT2D eigenvalue weighted by molar-refractivity contribution is 7.99. The van der Waals surface area contributed by atoms with E-state index in [4.69, 9.17) is 15.3 Å². The van der Waals surface area contributed by atoms with Gasteiger partial charge in [-0.05, 0) is 31.2 Å². The summed E-state index contributed by atoms with van der Waals surface area (Å²) in [5.74, 6) is 0.383. The van der Waals surface area contributed by atoms with Gasteiger partial charge in [-0.15, -0.1) is 0 Å². The second-order valence-corrected chi connectivity index (χ2v) is 5.20. The van der Waals surface area contributed by atoms with Crippen LogP contribution in [0.2, 0.25) is 0 Å². The summed E-state index contributed by atoms with van der Waals surface area (Å²) in [5.41, 5.74) is 5.35. The number of carbonyl (C=O) groups excluding carboxylic acids is 1. The highest BCUT2D eigenvalue weighted by Gasteiger charge is 2.13. The van der Waals surface area contributed by atoms with Gasteiger partial charge in [0.1, 0.15) is 11.8 Å². The van der Waals surface area contributed by atoms with Crippen molar-refractivity contribution >= 4 is 23.6 Å². The summed E-state index contributed by atoms with van der Waals surface area (Å²) >= 11 is 1.36. The molecule has 1 aromatic rings. The van der Waals surface area contributed by atoms with Gasteiger partial charge in [0.15, 0.2) is 0 Å². The molecule has 6 nitrogen and oxygen atoms in total. The molecule has 2 unspecified atom stereocenters. The quantitative estimate of drug-likeness (QED) is 0.615. The lowest BCUT2D eigenvalue weighted by Crippen LogP contribution is -2.31. The molecule has 1 heterocycles.